The number of nitrogen functional groups attached to an aromatic ring is 2. The van der Waals surface area contributed by atoms with E-state index in [9.17, 15) is 34.8 Å². The minimum Gasteiger partial charge on any atom is -0.396 e. The van der Waals surface area contributed by atoms with Crippen molar-refractivity contribution in [1.82, 2.24) is 34.4 Å². The Balaban J connectivity index is 0.000000165. The smallest absolute Gasteiger partial charge is 0.309 e. The van der Waals surface area contributed by atoms with E-state index in [0.29, 0.717) is 42.0 Å². The van der Waals surface area contributed by atoms with Crippen molar-refractivity contribution in [3.05, 3.63) is 42.1 Å². The van der Waals surface area contributed by atoms with E-state index < -0.39 is 40.7 Å². The number of hydrogen-bond donors (Lipinski definition) is 10. The van der Waals surface area contributed by atoms with E-state index >= 15 is 0 Å². The van der Waals surface area contributed by atoms with Crippen LogP contribution in [0.25, 0.3) is 21.4 Å². The lowest BCUT2D eigenvalue weighted by Crippen LogP contribution is -2.33. The van der Waals surface area contributed by atoms with Gasteiger partial charge in [-0.25, -0.2) is 4.98 Å². The van der Waals surface area contributed by atoms with Gasteiger partial charge in [0.15, 0.2) is 5.65 Å². The molecule has 12 N–H and O–H groups in total. The molecule has 222 valence electrons. The fraction of sp³-hybridized carbons (Fsp3) is 0.522. The van der Waals surface area contributed by atoms with Crippen molar-refractivity contribution in [2.24, 2.45) is 11.8 Å². The molecule has 2 unspecified atom stereocenters. The van der Waals surface area contributed by atoms with Gasteiger partial charge in [-0.05, 0) is 6.42 Å². The van der Waals surface area contributed by atoms with E-state index in [1.54, 1.807) is 6.20 Å². The second-order valence-electron chi connectivity index (χ2n) is 10.3. The van der Waals surface area contributed by atoms with Gasteiger partial charge in [0, 0.05) is 56.4 Å². The van der Waals surface area contributed by atoms with Crippen molar-refractivity contribution in [2.45, 2.75) is 37.3 Å². The number of aliphatic hydroxyl groups is 5. The summed E-state index contributed by atoms with van der Waals surface area (Å²) in [4.78, 5) is 52.9. The van der Waals surface area contributed by atoms with Crippen LogP contribution in [0.5, 0.6) is 0 Å². The first-order valence-corrected chi connectivity index (χ1v) is 13.6. The maximum absolute atomic E-state index is 12.1. The second-order valence-corrected chi connectivity index (χ2v) is 11.2. The molecule has 6 atom stereocenters. The Kier molecular flexibility index (Phi) is 7.97. The summed E-state index contributed by atoms with van der Waals surface area (Å²) in [5, 5.41) is 48.1. The van der Waals surface area contributed by atoms with E-state index in [4.69, 9.17) is 16.6 Å². The van der Waals surface area contributed by atoms with Gasteiger partial charge in [0.05, 0.1) is 18.2 Å². The topological polar surface area (TPSA) is 286 Å². The molecule has 6 rings (SSSR count). The maximum Gasteiger partial charge on any atom is 0.309 e. The Bertz CT molecular complexity index is 1730. The van der Waals surface area contributed by atoms with Gasteiger partial charge in [-0.1, -0.05) is 11.3 Å². The number of thiazole rings is 1. The van der Waals surface area contributed by atoms with Gasteiger partial charge in [-0.3, -0.25) is 33.8 Å². The predicted octanol–water partition coefficient (Wildman–Crippen LogP) is -3.38. The molecule has 18 heteroatoms. The van der Waals surface area contributed by atoms with Crippen LogP contribution in [0, 0.1) is 11.8 Å². The largest absolute Gasteiger partial charge is 0.396 e. The molecule has 0 aromatic carbocycles. The lowest BCUT2D eigenvalue weighted by atomic mass is 10.1. The van der Waals surface area contributed by atoms with Crippen LogP contribution in [0.2, 0.25) is 0 Å². The molecule has 2 fully saturated rings. The molecule has 0 amide bonds. The SMILES string of the molecule is Nc1nc2c(CN3CC(O)C(CO)C3)c[nH]c2c(=O)[nH]1.Nc1nc2c(sc(=O)n2[C@@H]2C[C@H](CO)[C@@H](O)[C@H]2O)c(=O)[nH]1. The highest BCUT2D eigenvalue weighted by Crippen LogP contribution is 2.36. The molecule has 2 aliphatic rings. The molecule has 1 saturated heterocycles. The number of aliphatic hydroxyl groups excluding tert-OH is 5. The highest BCUT2D eigenvalue weighted by Gasteiger charge is 2.43. The number of nitrogens with zero attached hydrogens (tertiary/aromatic N) is 4. The zero-order chi connectivity index (χ0) is 29.6. The molecular weight excluding hydrogens is 562 g/mol. The Labute approximate surface area is 233 Å². The van der Waals surface area contributed by atoms with E-state index in [-0.39, 0.29) is 53.4 Å². The number of nitrogens with two attached hydrogens (primary N) is 2. The van der Waals surface area contributed by atoms with Crippen LogP contribution >= 0.6 is 11.3 Å². The first-order chi connectivity index (χ1) is 19.5. The molecule has 4 aromatic heterocycles. The molecular formula is C23H31N9O8S. The van der Waals surface area contributed by atoms with Gasteiger partial charge in [-0.15, -0.1) is 0 Å². The first-order valence-electron chi connectivity index (χ1n) is 12.8. The summed E-state index contributed by atoms with van der Waals surface area (Å²) in [6.07, 6.45) is -0.947. The third kappa shape index (κ3) is 5.37. The standard InChI is InChI=1S/C12H17N5O3.C11H14N4O5S/c13-12-15-9-6(1-14-10(9)11(20)16-12)2-17-3-7(5-18)8(19)4-17;12-10-13-8-7(9(19)14-10)21-11(20)15(8)4-1-3(2-16)5(17)6(4)18/h1,7-8,14,18-19H,2-5H2,(H3,13,15,16,20);3-6,16-18H,1-2H2,(H3,12,13,14,19)/t;3-,4-,5-,6+/m.1/s1. The minimum absolute atomic E-state index is 0.0313. The maximum atomic E-state index is 12.1. The summed E-state index contributed by atoms with van der Waals surface area (Å²) in [7, 11) is 0. The van der Waals surface area contributed by atoms with Crippen molar-refractivity contribution in [2.75, 3.05) is 37.8 Å². The number of hydrogen-bond acceptors (Lipinski definition) is 14. The van der Waals surface area contributed by atoms with Gasteiger partial charge in [0.2, 0.25) is 11.9 Å². The molecule has 0 bridgehead atoms. The Hall–Kier alpha value is -3.65. The lowest BCUT2D eigenvalue weighted by molar-refractivity contribution is -0.00386. The van der Waals surface area contributed by atoms with Gasteiger partial charge >= 0.3 is 4.87 Å². The predicted molar refractivity (Wildman–Crippen MR) is 148 cm³/mol. The molecule has 0 spiro atoms. The molecule has 5 heterocycles. The zero-order valence-electron chi connectivity index (χ0n) is 21.6. The fourth-order valence-electron chi connectivity index (χ4n) is 5.47. The van der Waals surface area contributed by atoms with Crippen LogP contribution in [0.3, 0.4) is 0 Å². The van der Waals surface area contributed by atoms with Crippen LogP contribution in [-0.2, 0) is 6.54 Å². The Morgan fingerprint density at radius 2 is 1.63 bits per heavy atom. The minimum atomic E-state index is -1.22. The van der Waals surface area contributed by atoms with E-state index in [1.807, 2.05) is 4.90 Å². The number of H-pyrrole nitrogens is 3. The average molecular weight is 594 g/mol. The summed E-state index contributed by atoms with van der Waals surface area (Å²) >= 11 is 0.703. The monoisotopic (exact) mass is 593 g/mol. The lowest BCUT2D eigenvalue weighted by Gasteiger charge is -2.17. The number of aromatic amines is 3. The third-order valence-electron chi connectivity index (χ3n) is 7.57. The average Bonchev–Trinajstić information content (AvgIpc) is 3.65. The summed E-state index contributed by atoms with van der Waals surface area (Å²) in [6.45, 7) is 1.32. The van der Waals surface area contributed by atoms with Gasteiger partial charge in [0.25, 0.3) is 11.1 Å². The van der Waals surface area contributed by atoms with E-state index in [0.717, 1.165) is 5.56 Å². The Morgan fingerprint density at radius 1 is 0.951 bits per heavy atom. The fourth-order valence-corrected chi connectivity index (χ4v) is 6.34. The summed E-state index contributed by atoms with van der Waals surface area (Å²) in [6, 6.07) is -0.757. The zero-order valence-corrected chi connectivity index (χ0v) is 22.4. The third-order valence-corrected chi connectivity index (χ3v) is 8.52. The number of fused-ring (bicyclic) bond motifs is 2. The number of β-amino-alcohol motifs (C(OH)–C–C–N with tert-alkyl or cyclic N) is 1. The first kappa shape index (κ1) is 28.9. The molecule has 1 aliphatic heterocycles. The summed E-state index contributed by atoms with van der Waals surface area (Å²) in [5.41, 5.74) is 12.1. The second kappa shape index (κ2) is 11.3. The number of likely N-dealkylation sites (tertiary alicyclic amines) is 1. The van der Waals surface area contributed by atoms with Gasteiger partial charge in [-0.2, -0.15) is 4.98 Å². The van der Waals surface area contributed by atoms with Gasteiger partial charge < -0.3 is 42.0 Å². The molecule has 0 radical (unpaired) electrons. The molecule has 1 saturated carbocycles. The molecule has 41 heavy (non-hydrogen) atoms. The molecule has 1 aliphatic carbocycles. The van der Waals surface area contributed by atoms with E-state index in [1.165, 1.54) is 4.57 Å². The quantitative estimate of drug-likeness (QED) is 0.108. The number of anilines is 2. The van der Waals surface area contributed by atoms with Crippen LogP contribution in [-0.4, -0.2) is 105 Å². The van der Waals surface area contributed by atoms with Crippen LogP contribution < -0.4 is 27.5 Å². The van der Waals surface area contributed by atoms with Crippen molar-refractivity contribution < 1.29 is 25.5 Å². The van der Waals surface area contributed by atoms with Gasteiger partial charge in [0.1, 0.15) is 21.8 Å². The van der Waals surface area contributed by atoms with Crippen molar-refractivity contribution >= 4 is 44.6 Å². The van der Waals surface area contributed by atoms with Crippen molar-refractivity contribution in [3.63, 3.8) is 0 Å². The number of nitrogens with one attached hydrogen (secondary N) is 3. The van der Waals surface area contributed by atoms with Crippen molar-refractivity contribution in [1.29, 1.82) is 0 Å². The molecule has 4 aromatic rings. The van der Waals surface area contributed by atoms with Crippen LogP contribution in [0.15, 0.2) is 20.6 Å². The van der Waals surface area contributed by atoms with E-state index in [2.05, 4.69) is 24.9 Å². The highest BCUT2D eigenvalue weighted by atomic mass is 32.1. The summed E-state index contributed by atoms with van der Waals surface area (Å²) in [5.74, 6) is -0.711. The van der Waals surface area contributed by atoms with Crippen LogP contribution in [0.1, 0.15) is 18.0 Å². The highest BCUT2D eigenvalue weighted by molar-refractivity contribution is 7.16. The normalized spacial score (nSPS) is 26.6. The number of aromatic nitrogens is 6. The summed E-state index contributed by atoms with van der Waals surface area (Å²) < 4.78 is 1.29. The van der Waals surface area contributed by atoms with Crippen LogP contribution in [0.4, 0.5) is 11.9 Å². The Morgan fingerprint density at radius 3 is 2.29 bits per heavy atom. The molecule has 17 nitrogen and oxygen atoms in total. The number of rotatable bonds is 5. The van der Waals surface area contributed by atoms with Crippen molar-refractivity contribution in [3.8, 4) is 0 Å².